The van der Waals surface area contributed by atoms with Crippen molar-refractivity contribution in [3.05, 3.63) is 29.3 Å². The van der Waals surface area contributed by atoms with Crippen LogP contribution in [0.1, 0.15) is 24.5 Å². The molecule has 3 N–H and O–H groups in total. The van der Waals surface area contributed by atoms with Crippen molar-refractivity contribution in [2.45, 2.75) is 32.8 Å². The van der Waals surface area contributed by atoms with Crippen molar-refractivity contribution >= 4 is 5.91 Å². The molecule has 0 aliphatic heterocycles. The number of nitrogens with one attached hydrogen (secondary N) is 1. The van der Waals surface area contributed by atoms with E-state index >= 15 is 0 Å². The van der Waals surface area contributed by atoms with Crippen molar-refractivity contribution in [3.63, 3.8) is 0 Å². The number of amides is 1. The molecule has 5 nitrogen and oxygen atoms in total. The Labute approximate surface area is 119 Å². The van der Waals surface area contributed by atoms with Crippen LogP contribution < -0.4 is 10.1 Å². The molecule has 1 aromatic carbocycles. The lowest BCUT2D eigenvalue weighted by atomic mass is 10.1. The highest BCUT2D eigenvalue weighted by molar-refractivity contribution is 5.76. The van der Waals surface area contributed by atoms with Gasteiger partial charge in [-0.25, -0.2) is 0 Å². The van der Waals surface area contributed by atoms with Gasteiger partial charge in [-0.05, 0) is 38.0 Å². The quantitative estimate of drug-likeness (QED) is 0.695. The third-order valence-corrected chi connectivity index (χ3v) is 3.15. The number of benzene rings is 1. The van der Waals surface area contributed by atoms with Gasteiger partial charge < -0.3 is 20.3 Å². The summed E-state index contributed by atoms with van der Waals surface area (Å²) >= 11 is 0. The van der Waals surface area contributed by atoms with Crippen molar-refractivity contribution in [2.24, 2.45) is 0 Å². The molecule has 0 spiro atoms. The van der Waals surface area contributed by atoms with Crippen LogP contribution in [0.5, 0.6) is 5.75 Å². The zero-order valence-electron chi connectivity index (χ0n) is 12.3. The van der Waals surface area contributed by atoms with Crippen LogP contribution in [0, 0.1) is 13.8 Å². The molecule has 1 rings (SSSR count). The summed E-state index contributed by atoms with van der Waals surface area (Å²) < 4.78 is 5.57. The molecule has 0 saturated carbocycles. The average molecular weight is 281 g/mol. The van der Waals surface area contributed by atoms with Crippen molar-refractivity contribution < 1.29 is 19.7 Å². The predicted molar refractivity (Wildman–Crippen MR) is 76.7 cm³/mol. The Morgan fingerprint density at radius 3 is 2.75 bits per heavy atom. The summed E-state index contributed by atoms with van der Waals surface area (Å²) in [6.07, 6.45) is 0.203. The first-order chi connectivity index (χ1) is 9.35. The van der Waals surface area contributed by atoms with Crippen LogP contribution >= 0.6 is 0 Å². The maximum Gasteiger partial charge on any atom is 0.223 e. The number of carbonyl (C=O) groups excluding carboxylic acids is 1. The Kier molecular flexibility index (Phi) is 5.98. The van der Waals surface area contributed by atoms with Gasteiger partial charge in [0.15, 0.2) is 0 Å². The third-order valence-electron chi connectivity index (χ3n) is 3.15. The van der Waals surface area contributed by atoms with E-state index in [1.54, 1.807) is 0 Å². The van der Waals surface area contributed by atoms with Crippen LogP contribution in [0.15, 0.2) is 18.2 Å². The van der Waals surface area contributed by atoms with Gasteiger partial charge in [-0.2, -0.15) is 0 Å². The van der Waals surface area contributed by atoms with E-state index in [-0.39, 0.29) is 25.5 Å². The van der Waals surface area contributed by atoms with Crippen molar-refractivity contribution in [2.75, 3.05) is 19.8 Å². The molecule has 0 aromatic heterocycles. The minimum absolute atomic E-state index is 0.0196. The van der Waals surface area contributed by atoms with Crippen molar-refractivity contribution in [1.29, 1.82) is 0 Å². The van der Waals surface area contributed by atoms with E-state index in [1.165, 1.54) is 6.92 Å². The largest absolute Gasteiger partial charge is 0.493 e. The topological polar surface area (TPSA) is 78.8 Å². The Balaban J connectivity index is 2.34. The number of hydrogen-bond donors (Lipinski definition) is 3. The molecule has 112 valence electrons. The zero-order valence-corrected chi connectivity index (χ0v) is 12.3. The first-order valence-electron chi connectivity index (χ1n) is 6.64. The lowest BCUT2D eigenvalue weighted by Crippen LogP contribution is -2.43. The second-order valence-corrected chi connectivity index (χ2v) is 5.23. The molecular weight excluding hydrogens is 258 g/mol. The fourth-order valence-electron chi connectivity index (χ4n) is 1.57. The maximum absolute atomic E-state index is 11.6. The summed E-state index contributed by atoms with van der Waals surface area (Å²) in [6.45, 7) is 5.34. The minimum atomic E-state index is -1.29. The van der Waals surface area contributed by atoms with Crippen molar-refractivity contribution in [3.8, 4) is 5.75 Å². The van der Waals surface area contributed by atoms with Gasteiger partial charge in [-0.3, -0.25) is 4.79 Å². The van der Waals surface area contributed by atoms with Gasteiger partial charge in [0, 0.05) is 6.54 Å². The van der Waals surface area contributed by atoms with Crippen LogP contribution in [0.2, 0.25) is 0 Å². The Bertz CT molecular complexity index is 457. The van der Waals surface area contributed by atoms with Gasteiger partial charge in [0.25, 0.3) is 0 Å². The number of aliphatic hydroxyl groups excluding tert-OH is 1. The molecule has 0 aliphatic rings. The summed E-state index contributed by atoms with van der Waals surface area (Å²) in [6, 6.07) is 5.79. The van der Waals surface area contributed by atoms with Gasteiger partial charge >= 0.3 is 0 Å². The van der Waals surface area contributed by atoms with Crippen LogP contribution in [0.4, 0.5) is 0 Å². The van der Waals surface area contributed by atoms with Crippen LogP contribution in [0.25, 0.3) is 0 Å². The van der Waals surface area contributed by atoms with Gasteiger partial charge in [-0.1, -0.05) is 12.1 Å². The highest BCUT2D eigenvalue weighted by Crippen LogP contribution is 2.20. The normalized spacial score (nSPS) is 13.7. The highest BCUT2D eigenvalue weighted by Gasteiger charge is 2.19. The van der Waals surface area contributed by atoms with E-state index < -0.39 is 12.2 Å². The summed E-state index contributed by atoms with van der Waals surface area (Å²) in [7, 11) is 0. The number of aliphatic hydroxyl groups is 2. The van der Waals surface area contributed by atoms with E-state index in [2.05, 4.69) is 5.32 Å². The van der Waals surface area contributed by atoms with Gasteiger partial charge in [0.1, 0.15) is 11.4 Å². The summed E-state index contributed by atoms with van der Waals surface area (Å²) in [5.41, 5.74) is 0.922. The van der Waals surface area contributed by atoms with E-state index in [4.69, 9.17) is 9.84 Å². The second kappa shape index (κ2) is 7.26. The SMILES string of the molecule is Cc1cccc(OCCC(=O)NCC(C)(O)CO)c1C. The lowest BCUT2D eigenvalue weighted by molar-refractivity contribution is -0.123. The number of hydrogen-bond acceptors (Lipinski definition) is 4. The number of carbonyl (C=O) groups is 1. The Morgan fingerprint density at radius 2 is 2.10 bits per heavy atom. The molecule has 1 unspecified atom stereocenters. The molecule has 1 amide bonds. The Morgan fingerprint density at radius 1 is 1.40 bits per heavy atom. The molecule has 0 aliphatic carbocycles. The fraction of sp³-hybridized carbons (Fsp3) is 0.533. The van der Waals surface area contributed by atoms with E-state index in [0.29, 0.717) is 0 Å². The van der Waals surface area contributed by atoms with Gasteiger partial charge in [0.2, 0.25) is 5.91 Å². The average Bonchev–Trinajstić information content (AvgIpc) is 2.41. The lowest BCUT2D eigenvalue weighted by Gasteiger charge is -2.20. The smallest absolute Gasteiger partial charge is 0.223 e. The minimum Gasteiger partial charge on any atom is -0.493 e. The molecule has 20 heavy (non-hydrogen) atoms. The second-order valence-electron chi connectivity index (χ2n) is 5.23. The third kappa shape index (κ3) is 5.19. The molecule has 1 aromatic rings. The molecule has 0 saturated heterocycles. The molecule has 0 radical (unpaired) electrons. The molecule has 0 bridgehead atoms. The van der Waals surface area contributed by atoms with E-state index in [9.17, 15) is 9.90 Å². The number of rotatable bonds is 7. The summed E-state index contributed by atoms with van der Waals surface area (Å²) in [5, 5.41) is 21.0. The molecule has 0 heterocycles. The molecule has 5 heteroatoms. The molecule has 0 fully saturated rings. The van der Waals surface area contributed by atoms with E-state index in [1.807, 2.05) is 32.0 Å². The summed E-state index contributed by atoms with van der Waals surface area (Å²) in [5.74, 6) is 0.559. The first kappa shape index (κ1) is 16.5. The predicted octanol–water partition coefficient (Wildman–Crippen LogP) is 0.932. The fourth-order valence-corrected chi connectivity index (χ4v) is 1.57. The number of aryl methyl sites for hydroxylation is 1. The van der Waals surface area contributed by atoms with Gasteiger partial charge in [0.05, 0.1) is 19.6 Å². The first-order valence-corrected chi connectivity index (χ1v) is 6.64. The number of ether oxygens (including phenoxy) is 1. The van der Waals surface area contributed by atoms with E-state index in [0.717, 1.165) is 16.9 Å². The van der Waals surface area contributed by atoms with Crippen LogP contribution in [0.3, 0.4) is 0 Å². The Hall–Kier alpha value is -1.59. The maximum atomic E-state index is 11.6. The monoisotopic (exact) mass is 281 g/mol. The van der Waals surface area contributed by atoms with Gasteiger partial charge in [-0.15, -0.1) is 0 Å². The van der Waals surface area contributed by atoms with Crippen LogP contribution in [-0.4, -0.2) is 41.5 Å². The highest BCUT2D eigenvalue weighted by atomic mass is 16.5. The standard InChI is InChI=1S/C15H23NO4/c1-11-5-4-6-13(12(11)2)20-8-7-14(18)16-9-15(3,19)10-17/h4-6,17,19H,7-10H2,1-3H3,(H,16,18). The summed E-state index contributed by atoms with van der Waals surface area (Å²) in [4.78, 5) is 11.6. The molecular formula is C15H23NO4. The van der Waals surface area contributed by atoms with Crippen LogP contribution in [-0.2, 0) is 4.79 Å². The zero-order chi connectivity index (χ0) is 15.2. The molecule has 1 atom stereocenters. The van der Waals surface area contributed by atoms with Crippen molar-refractivity contribution in [1.82, 2.24) is 5.32 Å².